The monoisotopic (exact) mass is 376 g/mol. The topological polar surface area (TPSA) is 96.0 Å². The summed E-state index contributed by atoms with van der Waals surface area (Å²) in [6.45, 7) is 0.713. The Bertz CT molecular complexity index is 588. The lowest BCUT2D eigenvalue weighted by atomic mass is 9.85. The number of phenols is 1. The van der Waals surface area contributed by atoms with Gasteiger partial charge in [0.25, 0.3) is 5.91 Å². The first-order valence-electron chi connectivity index (χ1n) is 7.75. The van der Waals surface area contributed by atoms with Crippen LogP contribution in [0, 0.1) is 5.92 Å². The molecule has 0 aliphatic carbocycles. The minimum absolute atomic E-state index is 0.0233. The van der Waals surface area contributed by atoms with E-state index in [4.69, 9.17) is 38.8 Å². The van der Waals surface area contributed by atoms with Crippen LogP contribution in [0.1, 0.15) is 24.4 Å². The van der Waals surface area contributed by atoms with E-state index < -0.39 is 12.1 Å². The molecule has 1 aliphatic rings. The fraction of sp³-hybridized carbons (Fsp3) is 0.562. The van der Waals surface area contributed by atoms with Crippen molar-refractivity contribution in [3.63, 3.8) is 0 Å². The minimum Gasteiger partial charge on any atom is -0.508 e. The predicted octanol–water partition coefficient (Wildman–Crippen LogP) is 1.94. The van der Waals surface area contributed by atoms with Gasteiger partial charge in [0.05, 0.1) is 16.7 Å². The molecular weight excluding hydrogens is 355 g/mol. The minimum atomic E-state index is -0.825. The van der Waals surface area contributed by atoms with E-state index in [2.05, 4.69) is 0 Å². The number of piperidine rings is 1. The summed E-state index contributed by atoms with van der Waals surface area (Å²) in [5.74, 6) is -0.0909. The fourth-order valence-electron chi connectivity index (χ4n) is 3.01. The number of carbonyl (C=O) groups excluding carboxylic acids is 1. The largest absolute Gasteiger partial charge is 0.508 e. The molecule has 2 atom stereocenters. The van der Waals surface area contributed by atoms with Gasteiger partial charge < -0.3 is 25.6 Å². The smallest absolute Gasteiger partial charge is 0.254 e. The molecule has 2 rings (SSSR count). The first kappa shape index (κ1) is 19.3. The van der Waals surface area contributed by atoms with Gasteiger partial charge >= 0.3 is 0 Å². The molecule has 1 aromatic carbocycles. The van der Waals surface area contributed by atoms with E-state index in [1.54, 1.807) is 11.0 Å². The maximum Gasteiger partial charge on any atom is 0.254 e. The van der Waals surface area contributed by atoms with Crippen molar-refractivity contribution in [2.24, 2.45) is 11.7 Å². The number of amides is 1. The molecule has 0 saturated carbocycles. The first-order valence-corrected chi connectivity index (χ1v) is 8.50. The van der Waals surface area contributed by atoms with Crippen LogP contribution in [-0.2, 0) is 9.53 Å². The van der Waals surface area contributed by atoms with Crippen molar-refractivity contribution in [2.75, 3.05) is 26.8 Å². The van der Waals surface area contributed by atoms with Crippen LogP contribution in [0.3, 0.4) is 0 Å². The van der Waals surface area contributed by atoms with Gasteiger partial charge in [0.15, 0.2) is 6.10 Å². The SMILES string of the molecule is CO[C@H](CO)C(=O)N1CCC([C@@H](N)c2cc(Cl)c(Cl)cc2O)CC1. The Kier molecular flexibility index (Phi) is 6.71. The number of aliphatic hydroxyl groups excluding tert-OH is 1. The summed E-state index contributed by atoms with van der Waals surface area (Å²) in [5.41, 5.74) is 6.85. The Morgan fingerprint density at radius 3 is 2.50 bits per heavy atom. The fourth-order valence-corrected chi connectivity index (χ4v) is 3.34. The highest BCUT2D eigenvalue weighted by atomic mass is 35.5. The first-order chi connectivity index (χ1) is 11.4. The summed E-state index contributed by atoms with van der Waals surface area (Å²) in [6, 6.07) is 2.59. The molecule has 1 saturated heterocycles. The molecule has 6 nitrogen and oxygen atoms in total. The van der Waals surface area contributed by atoms with Crippen LogP contribution in [0.4, 0.5) is 0 Å². The van der Waals surface area contributed by atoms with E-state index in [0.717, 1.165) is 0 Å². The quantitative estimate of drug-likeness (QED) is 0.729. The summed E-state index contributed by atoms with van der Waals surface area (Å²) in [4.78, 5) is 13.8. The molecule has 0 aromatic heterocycles. The van der Waals surface area contributed by atoms with Crippen molar-refractivity contribution in [3.8, 4) is 5.75 Å². The molecule has 1 fully saturated rings. The van der Waals surface area contributed by atoms with Crippen molar-refractivity contribution >= 4 is 29.1 Å². The molecule has 0 unspecified atom stereocenters. The predicted molar refractivity (Wildman–Crippen MR) is 92.2 cm³/mol. The van der Waals surface area contributed by atoms with Gasteiger partial charge in [-0.1, -0.05) is 23.2 Å². The van der Waals surface area contributed by atoms with Crippen LogP contribution in [0.2, 0.25) is 10.0 Å². The number of ether oxygens (including phenoxy) is 1. The number of hydrogen-bond acceptors (Lipinski definition) is 5. The van der Waals surface area contributed by atoms with Gasteiger partial charge in [-0.2, -0.15) is 0 Å². The zero-order valence-electron chi connectivity index (χ0n) is 13.4. The number of halogens is 2. The van der Waals surface area contributed by atoms with Crippen LogP contribution in [0.5, 0.6) is 5.75 Å². The molecule has 8 heteroatoms. The van der Waals surface area contributed by atoms with Crippen molar-refractivity contribution in [1.29, 1.82) is 0 Å². The van der Waals surface area contributed by atoms with Gasteiger partial charge in [-0.05, 0) is 24.8 Å². The Balaban J connectivity index is 2.02. The average molecular weight is 377 g/mol. The summed E-state index contributed by atoms with van der Waals surface area (Å²) in [5, 5.41) is 19.8. The third-order valence-corrected chi connectivity index (χ3v) is 5.24. The van der Waals surface area contributed by atoms with Gasteiger partial charge in [-0.3, -0.25) is 4.79 Å². The number of carbonyl (C=O) groups is 1. The number of nitrogens with two attached hydrogens (primary N) is 1. The lowest BCUT2D eigenvalue weighted by Crippen LogP contribution is -2.46. The van der Waals surface area contributed by atoms with Gasteiger partial charge in [-0.25, -0.2) is 0 Å². The Labute approximate surface area is 151 Å². The second kappa shape index (κ2) is 8.36. The summed E-state index contributed by atoms with van der Waals surface area (Å²) >= 11 is 11.9. The van der Waals surface area contributed by atoms with E-state index in [1.807, 2.05) is 0 Å². The highest BCUT2D eigenvalue weighted by Crippen LogP contribution is 2.37. The van der Waals surface area contributed by atoms with Crippen molar-refractivity contribution in [1.82, 2.24) is 4.90 Å². The maximum absolute atomic E-state index is 12.2. The van der Waals surface area contributed by atoms with E-state index in [0.29, 0.717) is 36.5 Å². The molecule has 134 valence electrons. The molecule has 1 amide bonds. The summed E-state index contributed by atoms with van der Waals surface area (Å²) in [6.07, 6.45) is 0.553. The average Bonchev–Trinajstić information content (AvgIpc) is 2.58. The zero-order chi connectivity index (χ0) is 17.9. The van der Waals surface area contributed by atoms with Crippen molar-refractivity contribution < 1.29 is 19.7 Å². The van der Waals surface area contributed by atoms with Crippen LogP contribution < -0.4 is 5.73 Å². The zero-order valence-corrected chi connectivity index (χ0v) is 14.9. The second-order valence-corrected chi connectivity index (χ2v) is 6.73. The highest BCUT2D eigenvalue weighted by molar-refractivity contribution is 6.42. The maximum atomic E-state index is 12.2. The lowest BCUT2D eigenvalue weighted by molar-refractivity contribution is -0.145. The van der Waals surface area contributed by atoms with Gasteiger partial charge in [0.1, 0.15) is 5.75 Å². The third kappa shape index (κ3) is 4.13. The number of phenolic OH excluding ortho intramolecular Hbond substituents is 1. The van der Waals surface area contributed by atoms with Crippen LogP contribution >= 0.6 is 23.2 Å². The highest BCUT2D eigenvalue weighted by Gasteiger charge is 2.31. The van der Waals surface area contributed by atoms with Crippen molar-refractivity contribution in [3.05, 3.63) is 27.7 Å². The molecule has 1 aromatic rings. The number of methoxy groups -OCH3 is 1. The van der Waals surface area contributed by atoms with E-state index in [9.17, 15) is 9.90 Å². The molecule has 1 aliphatic heterocycles. The molecule has 1 heterocycles. The van der Waals surface area contributed by atoms with Gasteiger partial charge in [0.2, 0.25) is 0 Å². The number of aliphatic hydroxyl groups is 1. The van der Waals surface area contributed by atoms with Crippen LogP contribution in [0.25, 0.3) is 0 Å². The number of benzene rings is 1. The standard InChI is InChI=1S/C16H22Cl2N2O4/c1-24-14(8-21)16(23)20-4-2-9(3-5-20)15(19)10-6-11(17)12(18)7-13(10)22/h6-7,9,14-15,21-22H,2-5,8,19H2,1H3/t14-,15-/m1/s1. The van der Waals surface area contributed by atoms with Crippen molar-refractivity contribution in [2.45, 2.75) is 25.0 Å². The summed E-state index contributed by atoms with van der Waals surface area (Å²) in [7, 11) is 1.40. The second-order valence-electron chi connectivity index (χ2n) is 5.92. The number of nitrogens with zero attached hydrogens (tertiary/aromatic N) is 1. The van der Waals surface area contributed by atoms with Crippen LogP contribution in [-0.4, -0.2) is 53.9 Å². The van der Waals surface area contributed by atoms with E-state index in [1.165, 1.54) is 13.2 Å². The number of hydrogen-bond donors (Lipinski definition) is 3. The van der Waals surface area contributed by atoms with Crippen LogP contribution in [0.15, 0.2) is 12.1 Å². The lowest BCUT2D eigenvalue weighted by Gasteiger charge is -2.36. The molecule has 0 bridgehead atoms. The molecule has 4 N–H and O–H groups in total. The summed E-state index contributed by atoms with van der Waals surface area (Å²) < 4.78 is 4.97. The molecule has 24 heavy (non-hydrogen) atoms. The van der Waals surface area contributed by atoms with Gasteiger partial charge in [-0.15, -0.1) is 0 Å². The Morgan fingerprint density at radius 1 is 1.38 bits per heavy atom. The van der Waals surface area contributed by atoms with E-state index >= 15 is 0 Å². The molecule has 0 spiro atoms. The number of likely N-dealkylation sites (tertiary alicyclic amines) is 1. The third-order valence-electron chi connectivity index (χ3n) is 4.51. The molecule has 0 radical (unpaired) electrons. The Morgan fingerprint density at radius 2 is 1.96 bits per heavy atom. The van der Waals surface area contributed by atoms with Gasteiger partial charge in [0, 0.05) is 37.9 Å². The van der Waals surface area contributed by atoms with E-state index in [-0.39, 0.29) is 29.2 Å². The molecular formula is C16H22Cl2N2O4. The normalized spacial score (nSPS) is 18.5. The number of rotatable bonds is 5. The Hall–Kier alpha value is -1.05. The number of aromatic hydroxyl groups is 1.